The molecule has 0 saturated carbocycles. The maximum Gasteiger partial charge on any atom is 0.243 e. The molecular formula is C14H19NO4S. The molecule has 1 atom stereocenters. The lowest BCUT2D eigenvalue weighted by atomic mass is 10.0. The molecule has 0 aliphatic carbocycles. The number of methoxy groups -OCH3 is 1. The Bertz CT molecular complexity index is 553. The van der Waals surface area contributed by atoms with Crippen LogP contribution in [0.4, 0.5) is 0 Å². The van der Waals surface area contributed by atoms with Crippen LogP contribution >= 0.6 is 0 Å². The van der Waals surface area contributed by atoms with E-state index in [1.165, 1.54) is 11.4 Å². The summed E-state index contributed by atoms with van der Waals surface area (Å²) in [6.45, 7) is 0.479. The van der Waals surface area contributed by atoms with Crippen molar-refractivity contribution < 1.29 is 17.9 Å². The minimum Gasteiger partial charge on any atom is -0.497 e. The number of sulfonamides is 1. The van der Waals surface area contributed by atoms with Crippen LogP contribution in [0.1, 0.15) is 25.7 Å². The third kappa shape index (κ3) is 3.02. The van der Waals surface area contributed by atoms with E-state index >= 15 is 0 Å². The van der Waals surface area contributed by atoms with Crippen molar-refractivity contribution in [3.63, 3.8) is 0 Å². The van der Waals surface area contributed by atoms with Gasteiger partial charge in [0.15, 0.2) is 0 Å². The first kappa shape index (κ1) is 15.0. The fraction of sp³-hybridized carbons (Fsp3) is 0.500. The van der Waals surface area contributed by atoms with Gasteiger partial charge in [0.1, 0.15) is 12.0 Å². The summed E-state index contributed by atoms with van der Waals surface area (Å²) < 4.78 is 31.8. The number of nitrogens with zero attached hydrogens (tertiary/aromatic N) is 1. The molecule has 1 aromatic carbocycles. The van der Waals surface area contributed by atoms with Gasteiger partial charge in [-0.3, -0.25) is 0 Å². The molecule has 1 aliphatic rings. The molecule has 5 nitrogen and oxygen atoms in total. The van der Waals surface area contributed by atoms with Gasteiger partial charge in [-0.05, 0) is 37.1 Å². The van der Waals surface area contributed by atoms with E-state index in [1.807, 2.05) is 0 Å². The van der Waals surface area contributed by atoms with Crippen molar-refractivity contribution >= 4 is 16.3 Å². The summed E-state index contributed by atoms with van der Waals surface area (Å²) in [5.41, 5.74) is 0. The van der Waals surface area contributed by atoms with Crippen LogP contribution in [0.15, 0.2) is 29.2 Å². The number of ether oxygens (including phenoxy) is 1. The van der Waals surface area contributed by atoms with Crippen LogP contribution in [0.5, 0.6) is 5.75 Å². The van der Waals surface area contributed by atoms with Gasteiger partial charge in [-0.1, -0.05) is 6.42 Å². The number of aldehydes is 1. The molecule has 0 N–H and O–H groups in total. The van der Waals surface area contributed by atoms with E-state index in [2.05, 4.69) is 0 Å². The predicted octanol–water partition coefficient (Wildman–Crippen LogP) is 1.83. The Hall–Kier alpha value is -1.40. The lowest BCUT2D eigenvalue weighted by Crippen LogP contribution is -2.43. The Morgan fingerprint density at radius 3 is 2.60 bits per heavy atom. The number of carbonyl (C=O) groups excluding carboxylic acids is 1. The average molecular weight is 297 g/mol. The molecule has 1 heterocycles. The monoisotopic (exact) mass is 297 g/mol. The van der Waals surface area contributed by atoms with Crippen LogP contribution in [0.25, 0.3) is 0 Å². The van der Waals surface area contributed by atoms with Crippen LogP contribution < -0.4 is 4.74 Å². The molecule has 6 heteroatoms. The Morgan fingerprint density at radius 2 is 2.00 bits per heavy atom. The second-order valence-corrected chi connectivity index (χ2v) is 6.73. The minimum atomic E-state index is -3.54. The van der Waals surface area contributed by atoms with Gasteiger partial charge in [0, 0.05) is 19.0 Å². The van der Waals surface area contributed by atoms with Crippen molar-refractivity contribution in [1.29, 1.82) is 0 Å². The zero-order valence-electron chi connectivity index (χ0n) is 11.5. The second kappa shape index (κ2) is 6.37. The molecule has 1 unspecified atom stereocenters. The van der Waals surface area contributed by atoms with E-state index in [1.54, 1.807) is 24.3 Å². The van der Waals surface area contributed by atoms with Crippen molar-refractivity contribution in [2.45, 2.75) is 36.6 Å². The number of benzene rings is 1. The van der Waals surface area contributed by atoms with Gasteiger partial charge < -0.3 is 9.53 Å². The molecule has 1 fully saturated rings. The molecule has 1 saturated heterocycles. The van der Waals surface area contributed by atoms with Crippen molar-refractivity contribution in [3.05, 3.63) is 24.3 Å². The number of rotatable bonds is 5. The third-order valence-corrected chi connectivity index (χ3v) is 5.57. The first-order valence-corrected chi connectivity index (χ1v) is 8.13. The molecule has 2 rings (SSSR count). The van der Waals surface area contributed by atoms with E-state index in [0.717, 1.165) is 25.5 Å². The lowest BCUT2D eigenvalue weighted by molar-refractivity contribution is -0.108. The van der Waals surface area contributed by atoms with Gasteiger partial charge in [0.05, 0.1) is 12.0 Å². The van der Waals surface area contributed by atoms with E-state index in [4.69, 9.17) is 4.74 Å². The molecule has 0 aromatic heterocycles. The molecule has 0 amide bonds. The number of hydrogen-bond donors (Lipinski definition) is 0. The van der Waals surface area contributed by atoms with Crippen LogP contribution in [0, 0.1) is 0 Å². The van der Waals surface area contributed by atoms with Crippen LogP contribution in [0.3, 0.4) is 0 Å². The van der Waals surface area contributed by atoms with E-state index in [9.17, 15) is 13.2 Å². The van der Waals surface area contributed by atoms with Crippen molar-refractivity contribution in [2.24, 2.45) is 0 Å². The largest absolute Gasteiger partial charge is 0.497 e. The Labute approximate surface area is 119 Å². The SMILES string of the molecule is COc1ccc(S(=O)(=O)N2CCCCC2CC=O)cc1. The number of piperidine rings is 1. The zero-order valence-corrected chi connectivity index (χ0v) is 12.3. The van der Waals surface area contributed by atoms with E-state index in [0.29, 0.717) is 12.3 Å². The quantitative estimate of drug-likeness (QED) is 0.778. The Morgan fingerprint density at radius 1 is 1.30 bits per heavy atom. The molecule has 20 heavy (non-hydrogen) atoms. The highest BCUT2D eigenvalue weighted by atomic mass is 32.2. The average Bonchev–Trinajstić information content (AvgIpc) is 2.48. The second-order valence-electron chi connectivity index (χ2n) is 4.84. The highest BCUT2D eigenvalue weighted by Gasteiger charge is 2.33. The van der Waals surface area contributed by atoms with Crippen LogP contribution in [-0.4, -0.2) is 38.7 Å². The zero-order chi connectivity index (χ0) is 14.6. The summed E-state index contributed by atoms with van der Waals surface area (Å²) in [5, 5.41) is 0. The van der Waals surface area contributed by atoms with Gasteiger partial charge in [-0.2, -0.15) is 4.31 Å². The highest BCUT2D eigenvalue weighted by molar-refractivity contribution is 7.89. The normalized spacial score (nSPS) is 20.6. The maximum absolute atomic E-state index is 12.6. The summed E-state index contributed by atoms with van der Waals surface area (Å²) in [7, 11) is -2.00. The van der Waals surface area contributed by atoms with Gasteiger partial charge in [0.25, 0.3) is 0 Å². The molecule has 1 aliphatic heterocycles. The first-order chi connectivity index (χ1) is 9.59. The smallest absolute Gasteiger partial charge is 0.243 e. The van der Waals surface area contributed by atoms with Gasteiger partial charge in [-0.25, -0.2) is 8.42 Å². The highest BCUT2D eigenvalue weighted by Crippen LogP contribution is 2.27. The summed E-state index contributed by atoms with van der Waals surface area (Å²) in [6, 6.07) is 6.13. The van der Waals surface area contributed by atoms with Gasteiger partial charge in [-0.15, -0.1) is 0 Å². The molecule has 0 spiro atoms. The molecular weight excluding hydrogens is 278 g/mol. The first-order valence-electron chi connectivity index (χ1n) is 6.69. The lowest BCUT2D eigenvalue weighted by Gasteiger charge is -2.33. The predicted molar refractivity (Wildman–Crippen MR) is 75.2 cm³/mol. The Kier molecular flexibility index (Phi) is 4.77. The van der Waals surface area contributed by atoms with E-state index < -0.39 is 10.0 Å². The van der Waals surface area contributed by atoms with E-state index in [-0.39, 0.29) is 17.4 Å². The molecule has 0 radical (unpaired) electrons. The Balaban J connectivity index is 2.28. The van der Waals surface area contributed by atoms with Crippen molar-refractivity contribution in [2.75, 3.05) is 13.7 Å². The number of hydrogen-bond acceptors (Lipinski definition) is 4. The summed E-state index contributed by atoms with van der Waals surface area (Å²) in [5.74, 6) is 0.618. The van der Waals surface area contributed by atoms with Crippen LogP contribution in [0.2, 0.25) is 0 Å². The fourth-order valence-corrected chi connectivity index (χ4v) is 4.22. The van der Waals surface area contributed by atoms with Crippen molar-refractivity contribution in [3.8, 4) is 5.75 Å². The fourth-order valence-electron chi connectivity index (χ4n) is 2.52. The summed E-state index contributed by atoms with van der Waals surface area (Å²) >= 11 is 0. The molecule has 0 bridgehead atoms. The van der Waals surface area contributed by atoms with Crippen LogP contribution in [-0.2, 0) is 14.8 Å². The third-order valence-electron chi connectivity index (χ3n) is 3.61. The van der Waals surface area contributed by atoms with Gasteiger partial charge >= 0.3 is 0 Å². The summed E-state index contributed by atoms with van der Waals surface area (Å²) in [4.78, 5) is 11.0. The van der Waals surface area contributed by atoms with Gasteiger partial charge in [0.2, 0.25) is 10.0 Å². The standard InChI is InChI=1S/C14H19NO4S/c1-19-13-5-7-14(8-6-13)20(17,18)15-10-3-2-4-12(15)9-11-16/h5-8,11-12H,2-4,9-10H2,1H3. The molecule has 1 aromatic rings. The summed E-state index contributed by atoms with van der Waals surface area (Å²) in [6.07, 6.45) is 3.61. The number of carbonyl (C=O) groups is 1. The molecule has 110 valence electrons. The van der Waals surface area contributed by atoms with Crippen molar-refractivity contribution in [1.82, 2.24) is 4.31 Å². The minimum absolute atomic E-state index is 0.214. The topological polar surface area (TPSA) is 63.7 Å². The maximum atomic E-state index is 12.6.